The number of nitrogens with zero attached hydrogens (tertiary/aromatic N) is 2. The van der Waals surface area contributed by atoms with Gasteiger partial charge in [0.1, 0.15) is 6.61 Å². The van der Waals surface area contributed by atoms with Crippen LogP contribution < -0.4 is 14.9 Å². The number of nitrogens with one attached hydrogen (secondary N) is 1. The second-order valence-electron chi connectivity index (χ2n) is 4.96. The Hall–Kier alpha value is -2.94. The van der Waals surface area contributed by atoms with Crippen LogP contribution in [0.5, 0.6) is 11.5 Å². The topological polar surface area (TPSA) is 103 Å². The summed E-state index contributed by atoms with van der Waals surface area (Å²) in [5.41, 5.74) is 2.87. The molecule has 1 unspecified atom stereocenters. The minimum absolute atomic E-state index is 0.00324. The van der Waals surface area contributed by atoms with Crippen molar-refractivity contribution < 1.29 is 19.2 Å². The summed E-state index contributed by atoms with van der Waals surface area (Å²) in [4.78, 5) is 22.9. The van der Waals surface area contributed by atoms with Crippen LogP contribution in [0.2, 0.25) is 0 Å². The van der Waals surface area contributed by atoms with Crippen molar-refractivity contribution in [3.63, 3.8) is 0 Å². The van der Waals surface area contributed by atoms with E-state index in [2.05, 4.69) is 10.5 Å². The number of benzene rings is 1. The molecule has 2 heterocycles. The summed E-state index contributed by atoms with van der Waals surface area (Å²) < 4.78 is 11.0. The molecule has 1 N–H and O–H groups in total. The van der Waals surface area contributed by atoms with Crippen LogP contribution in [0, 0.1) is 10.1 Å². The molecule has 1 amide bonds. The second-order valence-corrected chi connectivity index (χ2v) is 5.87. The first-order chi connectivity index (χ1) is 11.5. The van der Waals surface area contributed by atoms with Crippen molar-refractivity contribution in [1.29, 1.82) is 0 Å². The highest BCUT2D eigenvalue weighted by Gasteiger charge is 2.27. The number of para-hydroxylation sites is 2. The predicted molar refractivity (Wildman–Crippen MR) is 87.7 cm³/mol. The fourth-order valence-electron chi connectivity index (χ4n) is 2.03. The normalized spacial score (nSPS) is 16.5. The van der Waals surface area contributed by atoms with E-state index in [1.54, 1.807) is 25.1 Å². The molecule has 0 spiro atoms. The first-order valence-electron chi connectivity index (χ1n) is 7.00. The molecule has 0 radical (unpaired) electrons. The third-order valence-corrected chi connectivity index (χ3v) is 4.31. The van der Waals surface area contributed by atoms with Crippen LogP contribution in [0.25, 0.3) is 0 Å². The lowest BCUT2D eigenvalue weighted by molar-refractivity contribution is -0.384. The molecule has 124 valence electrons. The lowest BCUT2D eigenvalue weighted by atomic mass is 10.2. The third-order valence-electron chi connectivity index (χ3n) is 3.29. The molecule has 1 aromatic heterocycles. The van der Waals surface area contributed by atoms with Gasteiger partial charge >= 0.3 is 0 Å². The molecule has 0 saturated heterocycles. The Kier molecular flexibility index (Phi) is 4.43. The molecule has 24 heavy (non-hydrogen) atoms. The Bertz CT molecular complexity index is 817. The van der Waals surface area contributed by atoms with Crippen LogP contribution in [-0.4, -0.2) is 29.3 Å². The van der Waals surface area contributed by atoms with Crippen LogP contribution in [0.3, 0.4) is 0 Å². The fourth-order valence-corrected chi connectivity index (χ4v) is 2.83. The summed E-state index contributed by atoms with van der Waals surface area (Å²) in [6, 6.07) is 8.49. The summed E-state index contributed by atoms with van der Waals surface area (Å²) in [5, 5.41) is 16.1. The van der Waals surface area contributed by atoms with Gasteiger partial charge in [-0.3, -0.25) is 14.9 Å². The molecule has 1 atom stereocenters. The molecule has 9 heteroatoms. The number of hydrogen-bond acceptors (Lipinski definition) is 7. The van der Waals surface area contributed by atoms with E-state index in [0.29, 0.717) is 22.1 Å². The quantitative estimate of drug-likeness (QED) is 0.519. The molecular formula is C15H13N3O5S. The predicted octanol–water partition coefficient (Wildman–Crippen LogP) is 2.34. The van der Waals surface area contributed by atoms with Gasteiger partial charge in [0.25, 0.3) is 11.6 Å². The number of amides is 1. The van der Waals surface area contributed by atoms with Gasteiger partial charge in [-0.15, -0.1) is 11.3 Å². The zero-order valence-corrected chi connectivity index (χ0v) is 13.4. The largest absolute Gasteiger partial charge is 0.485 e. The minimum Gasteiger partial charge on any atom is -0.485 e. The summed E-state index contributed by atoms with van der Waals surface area (Å²) in [6.07, 6.45) is -0.811. The molecule has 1 aliphatic heterocycles. The monoisotopic (exact) mass is 347 g/mol. The van der Waals surface area contributed by atoms with Crippen LogP contribution in [0.1, 0.15) is 11.8 Å². The van der Waals surface area contributed by atoms with Gasteiger partial charge in [0, 0.05) is 6.07 Å². The van der Waals surface area contributed by atoms with E-state index in [1.807, 2.05) is 6.07 Å². The average Bonchev–Trinajstić information content (AvgIpc) is 3.09. The summed E-state index contributed by atoms with van der Waals surface area (Å²) in [7, 11) is 0. The van der Waals surface area contributed by atoms with Gasteiger partial charge in [-0.1, -0.05) is 12.1 Å². The first-order valence-corrected chi connectivity index (χ1v) is 7.88. The number of thiophene rings is 1. The molecule has 2 aromatic rings. The van der Waals surface area contributed by atoms with Crippen LogP contribution in [0.4, 0.5) is 5.69 Å². The molecule has 1 aliphatic rings. The van der Waals surface area contributed by atoms with Gasteiger partial charge in [-0.25, -0.2) is 5.43 Å². The SMILES string of the molecule is CC(=NNC(=O)C1COc2ccccc2O1)c1cc([N+](=O)[O-])cs1. The van der Waals surface area contributed by atoms with Crippen molar-refractivity contribution in [2.75, 3.05) is 6.61 Å². The minimum atomic E-state index is -0.811. The van der Waals surface area contributed by atoms with Crippen molar-refractivity contribution in [3.8, 4) is 11.5 Å². The molecule has 0 saturated carbocycles. The standard InChI is InChI=1S/C15H13N3O5S/c1-9(14-6-10(8-24-14)18(20)21)16-17-15(19)13-7-22-11-4-2-3-5-12(11)23-13/h2-6,8,13H,7H2,1H3,(H,17,19). The number of ether oxygens (including phenoxy) is 2. The van der Waals surface area contributed by atoms with Gasteiger partial charge in [0.15, 0.2) is 11.5 Å². The number of rotatable bonds is 4. The van der Waals surface area contributed by atoms with E-state index in [-0.39, 0.29) is 12.3 Å². The Morgan fingerprint density at radius 1 is 1.42 bits per heavy atom. The van der Waals surface area contributed by atoms with Gasteiger partial charge in [0.2, 0.25) is 6.10 Å². The smallest absolute Gasteiger partial charge is 0.284 e. The molecule has 8 nitrogen and oxygen atoms in total. The first kappa shape index (κ1) is 15.9. The highest BCUT2D eigenvalue weighted by atomic mass is 32.1. The number of hydrazone groups is 1. The van der Waals surface area contributed by atoms with E-state index >= 15 is 0 Å². The molecule has 3 rings (SSSR count). The van der Waals surface area contributed by atoms with Crippen molar-refractivity contribution >= 4 is 28.6 Å². The van der Waals surface area contributed by atoms with Crippen molar-refractivity contribution in [1.82, 2.24) is 5.43 Å². The molecule has 0 bridgehead atoms. The van der Waals surface area contributed by atoms with E-state index < -0.39 is 16.9 Å². The molecule has 0 fully saturated rings. The summed E-state index contributed by atoms with van der Waals surface area (Å²) in [6.45, 7) is 1.74. The van der Waals surface area contributed by atoms with Gasteiger partial charge in [-0.2, -0.15) is 5.10 Å². The zero-order chi connectivity index (χ0) is 17.1. The van der Waals surface area contributed by atoms with Crippen molar-refractivity contribution in [2.45, 2.75) is 13.0 Å². The maximum absolute atomic E-state index is 12.1. The highest BCUT2D eigenvalue weighted by molar-refractivity contribution is 7.12. The lowest BCUT2D eigenvalue weighted by Crippen LogP contribution is -2.42. The lowest BCUT2D eigenvalue weighted by Gasteiger charge is -2.24. The Balaban J connectivity index is 1.63. The van der Waals surface area contributed by atoms with Crippen LogP contribution >= 0.6 is 11.3 Å². The number of hydrogen-bond donors (Lipinski definition) is 1. The number of fused-ring (bicyclic) bond motifs is 1. The molecule has 1 aromatic carbocycles. The molecule has 0 aliphatic carbocycles. The van der Waals surface area contributed by atoms with Gasteiger partial charge in [-0.05, 0) is 19.1 Å². The summed E-state index contributed by atoms with van der Waals surface area (Å²) in [5.74, 6) is 0.639. The average molecular weight is 347 g/mol. The fraction of sp³-hybridized carbons (Fsp3) is 0.200. The highest BCUT2D eigenvalue weighted by Crippen LogP contribution is 2.30. The molecular weight excluding hydrogens is 334 g/mol. The maximum atomic E-state index is 12.1. The zero-order valence-electron chi connectivity index (χ0n) is 12.6. The van der Waals surface area contributed by atoms with Crippen LogP contribution in [-0.2, 0) is 4.79 Å². The van der Waals surface area contributed by atoms with E-state index in [0.717, 1.165) is 0 Å². The van der Waals surface area contributed by atoms with Crippen molar-refractivity contribution in [3.05, 3.63) is 50.7 Å². The Morgan fingerprint density at radius 2 is 2.17 bits per heavy atom. The number of carbonyl (C=O) groups excluding carboxylic acids is 1. The second kappa shape index (κ2) is 6.67. The van der Waals surface area contributed by atoms with E-state index in [4.69, 9.17) is 9.47 Å². The number of carbonyl (C=O) groups is 1. The van der Waals surface area contributed by atoms with Crippen molar-refractivity contribution in [2.24, 2.45) is 5.10 Å². The Labute approximate surface area is 140 Å². The van der Waals surface area contributed by atoms with E-state index in [9.17, 15) is 14.9 Å². The summed E-state index contributed by atoms with van der Waals surface area (Å²) >= 11 is 1.18. The maximum Gasteiger partial charge on any atom is 0.284 e. The third kappa shape index (κ3) is 3.35. The van der Waals surface area contributed by atoms with Crippen LogP contribution in [0.15, 0.2) is 40.8 Å². The van der Waals surface area contributed by atoms with Gasteiger partial charge < -0.3 is 9.47 Å². The number of nitro groups is 1. The Morgan fingerprint density at radius 3 is 2.88 bits per heavy atom. The van der Waals surface area contributed by atoms with Gasteiger partial charge in [0.05, 0.1) is 20.9 Å². The van der Waals surface area contributed by atoms with E-state index in [1.165, 1.54) is 22.8 Å².